The Balaban J connectivity index is 0.00000162. The lowest BCUT2D eigenvalue weighted by atomic mass is 10.1. The first-order valence-corrected chi connectivity index (χ1v) is 6.04. The molecule has 1 heterocycles. The van der Waals surface area contributed by atoms with E-state index < -0.39 is 0 Å². The molecule has 1 aromatic carbocycles. The van der Waals surface area contributed by atoms with Gasteiger partial charge >= 0.3 is 0 Å². The number of halogens is 1. The first-order valence-electron chi connectivity index (χ1n) is 6.04. The number of benzene rings is 1. The SMILES string of the molecule is CC=CCNC(C)C1COc2ccccc2O1.Cl. The van der Waals surface area contributed by atoms with Crippen LogP contribution in [-0.4, -0.2) is 25.3 Å². The van der Waals surface area contributed by atoms with Gasteiger partial charge in [-0.1, -0.05) is 24.3 Å². The molecule has 0 fully saturated rings. The van der Waals surface area contributed by atoms with Gasteiger partial charge in [-0.05, 0) is 26.0 Å². The smallest absolute Gasteiger partial charge is 0.161 e. The Labute approximate surface area is 115 Å². The molecule has 0 radical (unpaired) electrons. The van der Waals surface area contributed by atoms with Gasteiger partial charge in [-0.3, -0.25) is 0 Å². The predicted octanol–water partition coefficient (Wildman–Crippen LogP) is 2.80. The van der Waals surface area contributed by atoms with Crippen molar-refractivity contribution in [3.05, 3.63) is 36.4 Å². The number of allylic oxidation sites excluding steroid dienone is 1. The molecule has 18 heavy (non-hydrogen) atoms. The van der Waals surface area contributed by atoms with E-state index in [1.165, 1.54) is 0 Å². The largest absolute Gasteiger partial charge is 0.486 e. The maximum absolute atomic E-state index is 5.91. The molecule has 3 nitrogen and oxygen atoms in total. The Morgan fingerprint density at radius 1 is 1.39 bits per heavy atom. The second-order valence-corrected chi connectivity index (χ2v) is 4.18. The zero-order valence-electron chi connectivity index (χ0n) is 10.8. The fraction of sp³-hybridized carbons (Fsp3) is 0.429. The number of para-hydroxylation sites is 2. The highest BCUT2D eigenvalue weighted by Crippen LogP contribution is 2.31. The number of rotatable bonds is 4. The summed E-state index contributed by atoms with van der Waals surface area (Å²) in [7, 11) is 0. The van der Waals surface area contributed by atoms with Crippen LogP contribution in [0.1, 0.15) is 13.8 Å². The second kappa shape index (κ2) is 7.29. The third-order valence-electron chi connectivity index (χ3n) is 2.88. The molecular formula is C14H20ClNO2. The van der Waals surface area contributed by atoms with E-state index in [4.69, 9.17) is 9.47 Å². The van der Waals surface area contributed by atoms with Crippen LogP contribution in [0, 0.1) is 0 Å². The monoisotopic (exact) mass is 269 g/mol. The summed E-state index contributed by atoms with van der Waals surface area (Å²) in [5.74, 6) is 1.67. The van der Waals surface area contributed by atoms with Crippen LogP contribution >= 0.6 is 12.4 Å². The van der Waals surface area contributed by atoms with Gasteiger partial charge in [0.25, 0.3) is 0 Å². The van der Waals surface area contributed by atoms with Crippen molar-refractivity contribution in [3.63, 3.8) is 0 Å². The van der Waals surface area contributed by atoms with E-state index in [1.807, 2.05) is 37.3 Å². The Morgan fingerprint density at radius 2 is 2.11 bits per heavy atom. The minimum absolute atomic E-state index is 0. The van der Waals surface area contributed by atoms with Crippen molar-refractivity contribution in [3.8, 4) is 11.5 Å². The molecule has 2 atom stereocenters. The number of hydrogen-bond acceptors (Lipinski definition) is 3. The van der Waals surface area contributed by atoms with Gasteiger partial charge in [0.2, 0.25) is 0 Å². The summed E-state index contributed by atoms with van der Waals surface area (Å²) >= 11 is 0. The van der Waals surface area contributed by atoms with Crippen molar-refractivity contribution in [1.29, 1.82) is 0 Å². The highest BCUT2D eigenvalue weighted by Gasteiger charge is 2.25. The van der Waals surface area contributed by atoms with Gasteiger partial charge in [0, 0.05) is 12.6 Å². The fourth-order valence-electron chi connectivity index (χ4n) is 1.79. The quantitative estimate of drug-likeness (QED) is 0.853. The third-order valence-corrected chi connectivity index (χ3v) is 2.88. The van der Waals surface area contributed by atoms with Gasteiger partial charge in [0.05, 0.1) is 0 Å². The zero-order valence-corrected chi connectivity index (χ0v) is 11.6. The predicted molar refractivity (Wildman–Crippen MR) is 75.9 cm³/mol. The second-order valence-electron chi connectivity index (χ2n) is 4.18. The van der Waals surface area contributed by atoms with Crippen LogP contribution in [0.25, 0.3) is 0 Å². The third kappa shape index (κ3) is 3.65. The molecule has 2 unspecified atom stereocenters. The highest BCUT2D eigenvalue weighted by molar-refractivity contribution is 5.85. The molecule has 0 saturated carbocycles. The van der Waals surface area contributed by atoms with Crippen LogP contribution < -0.4 is 14.8 Å². The molecule has 0 aliphatic carbocycles. The van der Waals surface area contributed by atoms with E-state index in [0.717, 1.165) is 18.0 Å². The van der Waals surface area contributed by atoms with Crippen molar-refractivity contribution in [2.24, 2.45) is 0 Å². The van der Waals surface area contributed by atoms with Crippen LogP contribution in [0.15, 0.2) is 36.4 Å². The standard InChI is InChI=1S/C14H19NO2.ClH/c1-3-4-9-15-11(2)14-10-16-12-7-5-6-8-13(12)17-14;/h3-8,11,14-15H,9-10H2,1-2H3;1H. The lowest BCUT2D eigenvalue weighted by Crippen LogP contribution is -2.46. The first kappa shape index (κ1) is 14.9. The van der Waals surface area contributed by atoms with Crippen LogP contribution in [0.4, 0.5) is 0 Å². The summed E-state index contributed by atoms with van der Waals surface area (Å²) in [5, 5.41) is 3.39. The molecule has 1 N–H and O–H groups in total. The highest BCUT2D eigenvalue weighted by atomic mass is 35.5. The Hall–Kier alpha value is -1.19. The number of nitrogens with one attached hydrogen (secondary N) is 1. The molecule has 0 spiro atoms. The maximum atomic E-state index is 5.91. The zero-order chi connectivity index (χ0) is 12.1. The fourth-order valence-corrected chi connectivity index (χ4v) is 1.79. The van der Waals surface area contributed by atoms with Crippen LogP contribution in [0.5, 0.6) is 11.5 Å². The average molecular weight is 270 g/mol. The van der Waals surface area contributed by atoms with Gasteiger partial charge in [0.1, 0.15) is 12.7 Å². The van der Waals surface area contributed by atoms with E-state index in [-0.39, 0.29) is 24.6 Å². The van der Waals surface area contributed by atoms with Crippen molar-refractivity contribution < 1.29 is 9.47 Å². The van der Waals surface area contributed by atoms with E-state index >= 15 is 0 Å². The molecule has 100 valence electrons. The van der Waals surface area contributed by atoms with Crippen LogP contribution in [0.3, 0.4) is 0 Å². The lowest BCUT2D eigenvalue weighted by molar-refractivity contribution is 0.0677. The van der Waals surface area contributed by atoms with Gasteiger partial charge in [-0.15, -0.1) is 12.4 Å². The van der Waals surface area contributed by atoms with E-state index in [9.17, 15) is 0 Å². The molecule has 2 rings (SSSR count). The van der Waals surface area contributed by atoms with Crippen molar-refractivity contribution in [2.45, 2.75) is 26.0 Å². The van der Waals surface area contributed by atoms with Gasteiger partial charge in [0.15, 0.2) is 11.5 Å². The molecule has 0 bridgehead atoms. The van der Waals surface area contributed by atoms with Crippen molar-refractivity contribution in [1.82, 2.24) is 5.32 Å². The van der Waals surface area contributed by atoms with Crippen LogP contribution in [0.2, 0.25) is 0 Å². The van der Waals surface area contributed by atoms with Gasteiger partial charge < -0.3 is 14.8 Å². The van der Waals surface area contributed by atoms with Crippen molar-refractivity contribution in [2.75, 3.05) is 13.2 Å². The summed E-state index contributed by atoms with van der Waals surface area (Å²) in [4.78, 5) is 0. The maximum Gasteiger partial charge on any atom is 0.161 e. The van der Waals surface area contributed by atoms with E-state index in [1.54, 1.807) is 0 Å². The van der Waals surface area contributed by atoms with E-state index in [2.05, 4.69) is 18.3 Å². The minimum Gasteiger partial charge on any atom is -0.486 e. The first-order chi connectivity index (χ1) is 8.31. The van der Waals surface area contributed by atoms with Gasteiger partial charge in [-0.2, -0.15) is 0 Å². The lowest BCUT2D eigenvalue weighted by Gasteiger charge is -2.30. The summed E-state index contributed by atoms with van der Waals surface area (Å²) < 4.78 is 11.6. The average Bonchev–Trinajstić information content (AvgIpc) is 2.38. The summed E-state index contributed by atoms with van der Waals surface area (Å²) in [6.07, 6.45) is 4.19. The molecule has 1 aliphatic heterocycles. The molecule has 4 heteroatoms. The van der Waals surface area contributed by atoms with E-state index in [0.29, 0.717) is 6.61 Å². The summed E-state index contributed by atoms with van der Waals surface area (Å²) in [6, 6.07) is 8.06. The molecule has 0 aromatic heterocycles. The Kier molecular flexibility index (Phi) is 6.02. The Bertz CT molecular complexity index is 395. The summed E-state index contributed by atoms with van der Waals surface area (Å²) in [6.45, 7) is 5.59. The minimum atomic E-state index is 0. The van der Waals surface area contributed by atoms with Crippen molar-refractivity contribution >= 4 is 12.4 Å². The molecule has 0 saturated heterocycles. The topological polar surface area (TPSA) is 30.5 Å². The summed E-state index contributed by atoms with van der Waals surface area (Å²) in [5.41, 5.74) is 0. The molecule has 0 amide bonds. The Morgan fingerprint density at radius 3 is 2.83 bits per heavy atom. The molecular weight excluding hydrogens is 250 g/mol. The van der Waals surface area contributed by atoms with Crippen LogP contribution in [-0.2, 0) is 0 Å². The molecule has 1 aliphatic rings. The number of ether oxygens (including phenoxy) is 2. The normalized spacial score (nSPS) is 19.3. The number of fused-ring (bicyclic) bond motifs is 1. The molecule has 1 aromatic rings. The number of hydrogen-bond donors (Lipinski definition) is 1. The van der Waals surface area contributed by atoms with Gasteiger partial charge in [-0.25, -0.2) is 0 Å².